The van der Waals surface area contributed by atoms with Gasteiger partial charge >= 0.3 is 357 Å². The molecule has 3 aliphatic heterocycles. The molecule has 3 aliphatic rings. The maximum atomic E-state index is 14.7. The zero-order valence-corrected chi connectivity index (χ0v) is 44.3. The predicted octanol–water partition coefficient (Wildman–Crippen LogP) is 3.39. The van der Waals surface area contributed by atoms with Crippen molar-refractivity contribution in [2.45, 2.75) is 92.0 Å². The van der Waals surface area contributed by atoms with Crippen LogP contribution in [-0.2, 0) is 43.2 Å². The Morgan fingerprint density at radius 2 is 1.90 bits per heavy atom. The van der Waals surface area contributed by atoms with E-state index in [-0.39, 0.29) is 47.3 Å². The molecule has 2 fully saturated rings. The van der Waals surface area contributed by atoms with Crippen LogP contribution in [0.3, 0.4) is 0 Å². The Balaban J connectivity index is 1.21. The summed E-state index contributed by atoms with van der Waals surface area (Å²) in [4.78, 5) is 71.4. The summed E-state index contributed by atoms with van der Waals surface area (Å²) in [6, 6.07) is 9.84. The van der Waals surface area contributed by atoms with Crippen molar-refractivity contribution < 1.29 is 49.9 Å². The SMILES string of the molecule is CCn1c(-c2cccnc2[C@H](C)OC)c2c3cc(ccc31)-c1csc(n1)CC(C[I-]CNC(=O)[C@H](C(C)C)N(C)C(=O)N1CC(OC)C1)C(=O)N1CCC[C@@H](C(=O)N(C)CC(C)(C)C2)C(=S)N1. The summed E-state index contributed by atoms with van der Waals surface area (Å²) < 4.78 is 14.6. The molecule has 7 rings (SSSR count). The number of methoxy groups -OCH3 is 2. The molecule has 15 nitrogen and oxygen atoms in total. The number of carbonyl (C=O) groups is 4. The van der Waals surface area contributed by atoms with Gasteiger partial charge in [-0.25, -0.2) is 0 Å². The van der Waals surface area contributed by atoms with Gasteiger partial charge in [-0.1, -0.05) is 0 Å². The van der Waals surface area contributed by atoms with Crippen LogP contribution in [0.5, 0.6) is 0 Å². The van der Waals surface area contributed by atoms with Crippen LogP contribution in [0.4, 0.5) is 4.79 Å². The van der Waals surface area contributed by atoms with Crippen molar-refractivity contribution in [2.24, 2.45) is 23.2 Å². The number of likely N-dealkylation sites (tertiary alicyclic amines) is 1. The molecule has 364 valence electrons. The first kappa shape index (κ1) is 50.6. The number of benzene rings is 1. The fourth-order valence-electron chi connectivity index (χ4n) is 9.82. The summed E-state index contributed by atoms with van der Waals surface area (Å²) in [6.07, 6.45) is 3.81. The number of nitrogens with zero attached hydrogens (tertiary/aromatic N) is 7. The number of thiazole rings is 1. The van der Waals surface area contributed by atoms with Gasteiger partial charge in [0.1, 0.15) is 0 Å². The second-order valence-corrected chi connectivity index (χ2v) is 23.3. The van der Waals surface area contributed by atoms with Crippen LogP contribution in [0.15, 0.2) is 41.9 Å². The Bertz CT molecular complexity index is 2470. The summed E-state index contributed by atoms with van der Waals surface area (Å²) in [5, 5.41) is 8.77. The number of rotatable bonds is 12. The van der Waals surface area contributed by atoms with E-state index in [0.29, 0.717) is 65.8 Å². The van der Waals surface area contributed by atoms with Gasteiger partial charge in [0.05, 0.1) is 11.8 Å². The van der Waals surface area contributed by atoms with Crippen molar-refractivity contribution in [1.29, 1.82) is 0 Å². The van der Waals surface area contributed by atoms with Gasteiger partial charge in [0.2, 0.25) is 0 Å². The third kappa shape index (κ3) is 11.0. The Kier molecular flexibility index (Phi) is 16.3. The molecule has 6 bridgehead atoms. The van der Waals surface area contributed by atoms with Crippen molar-refractivity contribution in [3.63, 3.8) is 0 Å². The first-order chi connectivity index (χ1) is 32.0. The third-order valence-electron chi connectivity index (χ3n) is 13.3. The van der Waals surface area contributed by atoms with Gasteiger partial charge in [0.15, 0.2) is 0 Å². The second-order valence-electron chi connectivity index (χ2n) is 19.2. The van der Waals surface area contributed by atoms with Crippen LogP contribution in [0.25, 0.3) is 33.4 Å². The van der Waals surface area contributed by atoms with E-state index in [2.05, 4.69) is 65.7 Å². The van der Waals surface area contributed by atoms with Crippen molar-refractivity contribution in [1.82, 2.24) is 45.0 Å². The topological polar surface area (TPSA) is 154 Å². The first-order valence-electron chi connectivity index (χ1n) is 23.3. The molecule has 18 heteroatoms. The maximum absolute atomic E-state index is 14.7. The van der Waals surface area contributed by atoms with Gasteiger partial charge in [-0.3, -0.25) is 4.98 Å². The summed E-state index contributed by atoms with van der Waals surface area (Å²) in [5.41, 5.74) is 9.94. The number of amides is 5. The van der Waals surface area contributed by atoms with E-state index < -0.39 is 39.1 Å². The number of aryl methyl sites for hydroxylation is 1. The van der Waals surface area contributed by atoms with E-state index in [9.17, 15) is 19.2 Å². The molecule has 2 saturated heterocycles. The van der Waals surface area contributed by atoms with E-state index in [1.54, 1.807) is 42.5 Å². The van der Waals surface area contributed by atoms with Crippen LogP contribution >= 0.6 is 23.6 Å². The number of halogens is 1. The number of fused-ring (bicyclic) bond motifs is 7. The second kappa shape index (κ2) is 21.6. The molecule has 4 atom stereocenters. The molecule has 6 heterocycles. The molecule has 1 unspecified atom stereocenters. The van der Waals surface area contributed by atoms with Crippen LogP contribution < -0.4 is 31.9 Å². The summed E-state index contributed by atoms with van der Waals surface area (Å²) in [6.45, 7) is 15.1. The van der Waals surface area contributed by atoms with Crippen molar-refractivity contribution in [3.8, 4) is 22.5 Å². The van der Waals surface area contributed by atoms with Crippen LogP contribution in [0, 0.1) is 23.2 Å². The molecule has 5 amide bonds. The van der Waals surface area contributed by atoms with Gasteiger partial charge in [-0.2, -0.15) is 0 Å². The predicted molar refractivity (Wildman–Crippen MR) is 262 cm³/mol. The average Bonchev–Trinajstić information content (AvgIpc) is 3.81. The first-order valence-corrected chi connectivity index (χ1v) is 27.6. The Morgan fingerprint density at radius 1 is 1.13 bits per heavy atom. The molecular formula is C49H67IN9O6S2-. The zero-order valence-electron chi connectivity index (χ0n) is 40.6. The number of ether oxygens (including phenoxy) is 2. The molecule has 0 radical (unpaired) electrons. The van der Waals surface area contributed by atoms with Crippen LogP contribution in [-0.4, -0.2) is 139 Å². The van der Waals surface area contributed by atoms with Gasteiger partial charge in [0, 0.05) is 13.3 Å². The normalized spacial score (nSPS) is 20.3. The Hall–Kier alpha value is -4.24. The number of hydrogen-bond donors (Lipinski definition) is 2. The number of carbonyl (C=O) groups excluding carboxylic acids is 4. The molecule has 0 spiro atoms. The summed E-state index contributed by atoms with van der Waals surface area (Å²) >= 11 is 6.78. The number of thiocarbonyl (C=S) groups is 1. The fourth-order valence-corrected chi connectivity index (χ4v) is 13.4. The van der Waals surface area contributed by atoms with E-state index in [4.69, 9.17) is 31.7 Å². The van der Waals surface area contributed by atoms with E-state index >= 15 is 0 Å². The van der Waals surface area contributed by atoms with E-state index in [0.717, 1.165) is 50.7 Å². The van der Waals surface area contributed by atoms with Gasteiger partial charge in [-0.15, -0.1) is 0 Å². The molecule has 3 aromatic heterocycles. The minimum atomic E-state index is -0.711. The van der Waals surface area contributed by atoms with Crippen molar-refractivity contribution in [3.05, 3.63) is 58.2 Å². The number of likely N-dealkylation sites (N-methyl/N-ethyl adjacent to an activating group) is 1. The Labute approximate surface area is 414 Å². The average molecular weight is 1070 g/mol. The number of hydrazine groups is 1. The number of hydrogen-bond acceptors (Lipinski definition) is 10. The molecule has 2 N–H and O–H groups in total. The Morgan fingerprint density at radius 3 is 2.60 bits per heavy atom. The van der Waals surface area contributed by atoms with Gasteiger partial charge < -0.3 is 4.74 Å². The number of aromatic nitrogens is 3. The monoisotopic (exact) mass is 1070 g/mol. The van der Waals surface area contributed by atoms with Crippen molar-refractivity contribution in [2.75, 3.05) is 63.5 Å². The molecule has 4 aromatic rings. The molecular weight excluding hydrogens is 1000 g/mol. The number of alkyl halides is 2. The van der Waals surface area contributed by atoms with E-state index in [1.807, 2.05) is 45.0 Å². The minimum absolute atomic E-state index is 0.0150. The quantitative estimate of drug-likeness (QED) is 0.0711. The molecule has 67 heavy (non-hydrogen) atoms. The number of pyridine rings is 1. The van der Waals surface area contributed by atoms with Crippen LogP contribution in [0.2, 0.25) is 0 Å². The molecule has 1 aromatic carbocycles. The zero-order chi connectivity index (χ0) is 48.3. The fraction of sp³-hybridized carbons (Fsp3) is 0.571. The van der Waals surface area contributed by atoms with Crippen molar-refractivity contribution >= 4 is 63.2 Å². The summed E-state index contributed by atoms with van der Waals surface area (Å²) in [5.74, 6) is -1.51. The standard InChI is InChI=1S/C49H67IN9O6S2/c1-11-58-39-17-16-31-20-36(39)37(43(58)34-14-12-18-51-41(34)30(4)64-9)22-49(5,6)27-55(7)47(62)35-15-13-19-59(54-45(35)66)46(61)32(21-40-53-38(31)26-67-40)23-50-28-52-44(60)42(29(2)3)56(8)48(63)57-24-33(25-57)65-10/h12,14,16-18,20,26,29-30,32-33,35,42H,11,13,15,19,21-25,27-28H2,1-10H3,(H,52,60)(H,54,66)/q-1/t30-,32?,35+,42-/m0/s1. The van der Waals surface area contributed by atoms with E-state index in [1.165, 1.54) is 10.5 Å². The molecule has 0 aliphatic carbocycles. The van der Waals surface area contributed by atoms with Gasteiger partial charge in [-0.05, 0) is 26.0 Å². The van der Waals surface area contributed by atoms with Crippen LogP contribution in [0.1, 0.15) is 76.8 Å². The molecule has 0 saturated carbocycles. The van der Waals surface area contributed by atoms with Gasteiger partial charge in [0.25, 0.3) is 0 Å². The third-order valence-corrected chi connectivity index (χ3v) is 17.2. The summed E-state index contributed by atoms with van der Waals surface area (Å²) in [7, 11) is 6.88. The number of nitrogens with one attached hydrogen (secondary N) is 2. The number of urea groups is 1.